The van der Waals surface area contributed by atoms with Gasteiger partial charge in [0.15, 0.2) is 0 Å². The van der Waals surface area contributed by atoms with E-state index in [9.17, 15) is 4.39 Å². The van der Waals surface area contributed by atoms with Gasteiger partial charge in [-0.2, -0.15) is 9.37 Å². The summed E-state index contributed by atoms with van der Waals surface area (Å²) in [5, 5.41) is 0.520. The number of rotatable bonds is 6. The molecule has 2 aromatic heterocycles. The second-order valence-electron chi connectivity index (χ2n) is 8.26. The van der Waals surface area contributed by atoms with Gasteiger partial charge in [0.05, 0.1) is 34.0 Å². The molecule has 0 atom stereocenters. The molecule has 0 aliphatic heterocycles. The molecule has 1 aromatic carbocycles. The van der Waals surface area contributed by atoms with Crippen LogP contribution >= 0.6 is 12.0 Å². The van der Waals surface area contributed by atoms with Gasteiger partial charge in [0.25, 0.3) is 0 Å². The van der Waals surface area contributed by atoms with Gasteiger partial charge in [0.2, 0.25) is 11.8 Å². The lowest BCUT2D eigenvalue weighted by Gasteiger charge is -2.22. The van der Waals surface area contributed by atoms with Crippen molar-refractivity contribution in [2.24, 2.45) is 0 Å². The summed E-state index contributed by atoms with van der Waals surface area (Å²) in [5.74, 6) is 1.49. The summed E-state index contributed by atoms with van der Waals surface area (Å²) in [5.41, 5.74) is 4.41. The standard InChI is InChI=1S/C23H28FN3OS/c1-12(2)16-8-17(13(3)4)22(18(9-16)14(5)6)29-28-23-19-10-21(24)25-11-20(19)26-15(7)27-23/h8-14H,1-7H3. The fourth-order valence-corrected chi connectivity index (χ4v) is 4.29. The minimum atomic E-state index is -0.577. The molecule has 3 rings (SSSR count). The second kappa shape index (κ2) is 8.66. The van der Waals surface area contributed by atoms with Crippen molar-refractivity contribution in [3.63, 3.8) is 0 Å². The fourth-order valence-electron chi connectivity index (χ4n) is 3.22. The Hall–Kier alpha value is -2.21. The normalized spacial score (nSPS) is 11.8. The molecule has 0 saturated carbocycles. The molecule has 154 valence electrons. The van der Waals surface area contributed by atoms with E-state index in [1.165, 1.54) is 41.0 Å². The minimum Gasteiger partial charge on any atom is -0.400 e. The predicted molar refractivity (Wildman–Crippen MR) is 117 cm³/mol. The van der Waals surface area contributed by atoms with Crippen LogP contribution < -0.4 is 4.18 Å². The maximum absolute atomic E-state index is 13.7. The number of pyridine rings is 1. The summed E-state index contributed by atoms with van der Waals surface area (Å²) in [6, 6.07) is 5.87. The molecule has 0 spiro atoms. The highest BCUT2D eigenvalue weighted by molar-refractivity contribution is 7.95. The fraction of sp³-hybridized carbons (Fsp3) is 0.435. The van der Waals surface area contributed by atoms with Crippen LogP contribution in [-0.4, -0.2) is 15.0 Å². The summed E-state index contributed by atoms with van der Waals surface area (Å²) >= 11 is 1.30. The van der Waals surface area contributed by atoms with Crippen LogP contribution in [0.25, 0.3) is 10.9 Å². The number of benzene rings is 1. The Bertz CT molecular complexity index is 1010. The van der Waals surface area contributed by atoms with Crippen molar-refractivity contribution < 1.29 is 8.57 Å². The average Bonchev–Trinajstić information content (AvgIpc) is 2.65. The molecule has 3 aromatic rings. The molecule has 0 unspecified atom stereocenters. The van der Waals surface area contributed by atoms with Gasteiger partial charge < -0.3 is 4.18 Å². The summed E-state index contributed by atoms with van der Waals surface area (Å²) in [6.45, 7) is 15.0. The van der Waals surface area contributed by atoms with Gasteiger partial charge in [-0.1, -0.05) is 53.7 Å². The third-order valence-corrected chi connectivity index (χ3v) is 5.79. The van der Waals surface area contributed by atoms with Gasteiger partial charge in [-0.3, -0.25) is 0 Å². The van der Waals surface area contributed by atoms with E-state index < -0.39 is 5.95 Å². The molecule has 29 heavy (non-hydrogen) atoms. The van der Waals surface area contributed by atoms with Gasteiger partial charge in [-0.25, -0.2) is 9.97 Å². The molecule has 0 radical (unpaired) electrons. The molecule has 0 saturated heterocycles. The van der Waals surface area contributed by atoms with Crippen LogP contribution in [0.4, 0.5) is 4.39 Å². The Morgan fingerprint density at radius 3 is 2.07 bits per heavy atom. The van der Waals surface area contributed by atoms with E-state index in [-0.39, 0.29) is 0 Å². The first-order chi connectivity index (χ1) is 13.7. The van der Waals surface area contributed by atoms with Crippen LogP contribution in [-0.2, 0) is 0 Å². The van der Waals surface area contributed by atoms with E-state index in [2.05, 4.69) is 68.6 Å². The van der Waals surface area contributed by atoms with Crippen molar-refractivity contribution in [1.29, 1.82) is 0 Å². The minimum absolute atomic E-state index is 0.350. The van der Waals surface area contributed by atoms with E-state index in [1.54, 1.807) is 6.92 Å². The van der Waals surface area contributed by atoms with Gasteiger partial charge in [-0.05, 0) is 41.4 Å². The molecule has 0 fully saturated rings. The van der Waals surface area contributed by atoms with Gasteiger partial charge in [0, 0.05) is 6.07 Å². The molecule has 6 heteroatoms. The monoisotopic (exact) mass is 413 g/mol. The molecule has 0 amide bonds. The van der Waals surface area contributed by atoms with E-state index in [1.807, 2.05) is 0 Å². The Morgan fingerprint density at radius 1 is 0.897 bits per heavy atom. The quantitative estimate of drug-likeness (QED) is 0.324. The Balaban J connectivity index is 2.07. The maximum Gasteiger partial charge on any atom is 0.239 e. The largest absolute Gasteiger partial charge is 0.400 e. The average molecular weight is 414 g/mol. The van der Waals surface area contributed by atoms with Gasteiger partial charge in [0.1, 0.15) is 5.82 Å². The first kappa shape index (κ1) is 21.5. The van der Waals surface area contributed by atoms with Crippen LogP contribution in [0.1, 0.15) is 81.8 Å². The Kier molecular flexibility index (Phi) is 6.42. The van der Waals surface area contributed by atoms with E-state index >= 15 is 0 Å². The van der Waals surface area contributed by atoms with Gasteiger partial charge >= 0.3 is 0 Å². The van der Waals surface area contributed by atoms with Gasteiger partial charge in [-0.15, -0.1) is 0 Å². The van der Waals surface area contributed by atoms with Crippen LogP contribution in [0, 0.1) is 12.9 Å². The highest BCUT2D eigenvalue weighted by atomic mass is 32.2. The number of nitrogens with zero attached hydrogens (tertiary/aromatic N) is 3. The zero-order valence-electron chi connectivity index (χ0n) is 18.1. The van der Waals surface area contributed by atoms with Crippen LogP contribution in [0.15, 0.2) is 29.3 Å². The Labute approximate surface area is 176 Å². The van der Waals surface area contributed by atoms with Crippen molar-refractivity contribution in [1.82, 2.24) is 15.0 Å². The maximum atomic E-state index is 13.7. The number of halogens is 1. The number of hydrogen-bond acceptors (Lipinski definition) is 5. The lowest BCUT2D eigenvalue weighted by atomic mass is 9.89. The van der Waals surface area contributed by atoms with Crippen molar-refractivity contribution in [2.75, 3.05) is 0 Å². The summed E-state index contributed by atoms with van der Waals surface area (Å²) in [6.07, 6.45) is 1.41. The summed E-state index contributed by atoms with van der Waals surface area (Å²) in [7, 11) is 0. The highest BCUT2D eigenvalue weighted by Crippen LogP contribution is 2.39. The first-order valence-corrected chi connectivity index (χ1v) is 10.7. The summed E-state index contributed by atoms with van der Waals surface area (Å²) in [4.78, 5) is 13.5. The number of fused-ring (bicyclic) bond motifs is 1. The number of aryl methyl sites for hydroxylation is 1. The van der Waals surface area contributed by atoms with Crippen molar-refractivity contribution in [3.8, 4) is 5.88 Å². The first-order valence-electron chi connectivity index (χ1n) is 9.99. The topological polar surface area (TPSA) is 47.9 Å². The predicted octanol–water partition coefficient (Wildman–Crippen LogP) is 6.93. The zero-order valence-corrected chi connectivity index (χ0v) is 18.9. The van der Waals surface area contributed by atoms with E-state index in [0.29, 0.717) is 40.4 Å². The molecular weight excluding hydrogens is 385 g/mol. The second-order valence-corrected chi connectivity index (χ2v) is 9.00. The lowest BCUT2D eigenvalue weighted by Crippen LogP contribution is -2.04. The Morgan fingerprint density at radius 2 is 1.52 bits per heavy atom. The molecule has 0 aliphatic rings. The van der Waals surface area contributed by atoms with Crippen LogP contribution in [0.3, 0.4) is 0 Å². The lowest BCUT2D eigenvalue weighted by molar-refractivity contribution is 0.582. The van der Waals surface area contributed by atoms with Crippen LogP contribution in [0.2, 0.25) is 0 Å². The number of hydrogen-bond donors (Lipinski definition) is 0. The molecular formula is C23H28FN3OS. The molecule has 0 aliphatic carbocycles. The third-order valence-electron chi connectivity index (χ3n) is 4.91. The van der Waals surface area contributed by atoms with E-state index in [0.717, 1.165) is 4.90 Å². The summed E-state index contributed by atoms with van der Waals surface area (Å²) < 4.78 is 19.8. The number of aromatic nitrogens is 3. The zero-order chi connectivity index (χ0) is 21.3. The highest BCUT2D eigenvalue weighted by Gasteiger charge is 2.20. The SMILES string of the molecule is Cc1nc(OSc2c(C(C)C)cc(C(C)C)cc2C(C)C)c2cc(F)ncc2n1. The molecule has 4 nitrogen and oxygen atoms in total. The van der Waals surface area contributed by atoms with Crippen molar-refractivity contribution in [3.05, 3.63) is 52.9 Å². The third kappa shape index (κ3) is 4.69. The van der Waals surface area contributed by atoms with Crippen molar-refractivity contribution in [2.45, 2.75) is 71.1 Å². The van der Waals surface area contributed by atoms with Crippen LogP contribution in [0.5, 0.6) is 5.88 Å². The molecule has 0 N–H and O–H groups in total. The molecule has 0 bridgehead atoms. The molecule has 2 heterocycles. The smallest absolute Gasteiger partial charge is 0.239 e. The van der Waals surface area contributed by atoms with Crippen molar-refractivity contribution >= 4 is 22.9 Å². The van der Waals surface area contributed by atoms with E-state index in [4.69, 9.17) is 4.18 Å².